The van der Waals surface area contributed by atoms with Crippen molar-refractivity contribution in [3.63, 3.8) is 0 Å². The van der Waals surface area contributed by atoms with Crippen LogP contribution in [0.2, 0.25) is 0 Å². The Hall–Kier alpha value is -1.62. The Bertz CT molecular complexity index is 813. The van der Waals surface area contributed by atoms with Gasteiger partial charge >= 0.3 is 0 Å². The highest BCUT2D eigenvalue weighted by Crippen LogP contribution is 2.35. The molecule has 0 radical (unpaired) electrons. The molecule has 0 saturated carbocycles. The van der Waals surface area contributed by atoms with E-state index in [0.717, 1.165) is 5.70 Å². The van der Waals surface area contributed by atoms with Crippen LogP contribution in [-0.2, 0) is 0 Å². The van der Waals surface area contributed by atoms with E-state index >= 15 is 0 Å². The summed E-state index contributed by atoms with van der Waals surface area (Å²) < 4.78 is 1.28. The zero-order chi connectivity index (χ0) is 14.2. The number of aliphatic imine (C=N–C) groups is 1. The van der Waals surface area contributed by atoms with Gasteiger partial charge in [0.25, 0.3) is 0 Å². The molecule has 1 atom stereocenters. The van der Waals surface area contributed by atoms with Crippen LogP contribution in [0.3, 0.4) is 0 Å². The molecule has 4 rings (SSSR count). The Labute approximate surface area is 135 Å². The molecule has 1 aromatic carbocycles. The fourth-order valence-corrected chi connectivity index (χ4v) is 4.36. The van der Waals surface area contributed by atoms with Gasteiger partial charge in [0, 0.05) is 9.58 Å². The van der Waals surface area contributed by atoms with Crippen molar-refractivity contribution < 1.29 is 0 Å². The molecule has 1 N–H and O–H groups in total. The third-order valence-corrected chi connectivity index (χ3v) is 5.62. The van der Waals surface area contributed by atoms with Crippen molar-refractivity contribution in [2.45, 2.75) is 6.04 Å². The van der Waals surface area contributed by atoms with Crippen LogP contribution in [0.5, 0.6) is 0 Å². The summed E-state index contributed by atoms with van der Waals surface area (Å²) in [6, 6.07) is 14.7. The third-order valence-electron chi connectivity index (χ3n) is 3.34. The highest BCUT2D eigenvalue weighted by atomic mass is 35.5. The predicted octanol–water partition coefficient (Wildman–Crippen LogP) is 5.24. The minimum absolute atomic E-state index is 0.0201. The van der Waals surface area contributed by atoms with Gasteiger partial charge in [0.05, 0.1) is 10.6 Å². The topological polar surface area (TPSA) is 24.4 Å². The Kier molecular flexibility index (Phi) is 3.30. The summed E-state index contributed by atoms with van der Waals surface area (Å²) in [4.78, 5) is 6.91. The van der Waals surface area contributed by atoms with Crippen LogP contribution in [0.4, 0.5) is 0 Å². The van der Waals surface area contributed by atoms with E-state index in [1.807, 2.05) is 6.07 Å². The second kappa shape index (κ2) is 5.30. The molecule has 0 saturated heterocycles. The third kappa shape index (κ3) is 2.50. The quantitative estimate of drug-likeness (QED) is 0.638. The molecule has 3 heterocycles. The normalized spacial score (nSPS) is 18.2. The Morgan fingerprint density at radius 2 is 2.05 bits per heavy atom. The summed E-state index contributed by atoms with van der Waals surface area (Å²) >= 11 is 9.64. The molecular formula is C16H11ClN2S2. The highest BCUT2D eigenvalue weighted by Gasteiger charge is 2.19. The average molecular weight is 331 g/mol. The first-order valence-corrected chi connectivity index (χ1v) is 8.61. The molecule has 0 bridgehead atoms. The molecule has 0 amide bonds. The summed E-state index contributed by atoms with van der Waals surface area (Å²) in [5.41, 5.74) is 1.03. The van der Waals surface area contributed by atoms with E-state index in [1.165, 1.54) is 19.8 Å². The van der Waals surface area contributed by atoms with E-state index in [2.05, 4.69) is 58.2 Å². The lowest BCUT2D eigenvalue weighted by atomic mass is 10.1. The highest BCUT2D eigenvalue weighted by molar-refractivity contribution is 7.19. The maximum absolute atomic E-state index is 6.18. The van der Waals surface area contributed by atoms with Crippen molar-refractivity contribution in [3.05, 3.63) is 63.7 Å². The number of benzene rings is 1. The van der Waals surface area contributed by atoms with Crippen LogP contribution in [0.25, 0.3) is 15.8 Å². The molecule has 0 fully saturated rings. The first-order valence-electron chi connectivity index (χ1n) is 6.54. The Balaban J connectivity index is 1.77. The number of hydrogen-bond acceptors (Lipinski definition) is 4. The van der Waals surface area contributed by atoms with Crippen molar-refractivity contribution >= 4 is 55.4 Å². The molecule has 5 heteroatoms. The molecular weight excluding hydrogens is 320 g/mol. The second-order valence-electron chi connectivity index (χ2n) is 4.73. The van der Waals surface area contributed by atoms with Gasteiger partial charge in [-0.2, -0.15) is 0 Å². The molecule has 0 aliphatic carbocycles. The molecule has 104 valence electrons. The van der Waals surface area contributed by atoms with Crippen LogP contribution in [0.15, 0.2) is 58.9 Å². The van der Waals surface area contributed by atoms with Crippen molar-refractivity contribution in [1.29, 1.82) is 0 Å². The van der Waals surface area contributed by atoms with Gasteiger partial charge in [0.2, 0.25) is 0 Å². The van der Waals surface area contributed by atoms with Gasteiger partial charge in [-0.3, -0.25) is 0 Å². The van der Waals surface area contributed by atoms with Crippen LogP contribution in [0.1, 0.15) is 15.8 Å². The van der Waals surface area contributed by atoms with Gasteiger partial charge in [-0.25, -0.2) is 4.99 Å². The van der Waals surface area contributed by atoms with Crippen LogP contribution >= 0.6 is 34.3 Å². The molecule has 21 heavy (non-hydrogen) atoms. The molecule has 0 spiro atoms. The maximum Gasteiger partial charge on any atom is 0.196 e. The van der Waals surface area contributed by atoms with Gasteiger partial charge in [-0.05, 0) is 46.6 Å². The number of nitrogens with zero attached hydrogens (tertiary/aromatic N) is 1. The number of nitrogens with one attached hydrogen (secondary N) is 1. The SMILES string of the molecule is ClC1=NC(c2cc3ccccc3s2)C=C(c2cccs2)N1. The van der Waals surface area contributed by atoms with Gasteiger partial charge in [0.15, 0.2) is 5.29 Å². The first-order chi connectivity index (χ1) is 10.3. The van der Waals surface area contributed by atoms with Gasteiger partial charge < -0.3 is 5.32 Å². The predicted molar refractivity (Wildman–Crippen MR) is 93.3 cm³/mol. The lowest BCUT2D eigenvalue weighted by Crippen LogP contribution is -2.21. The second-order valence-corrected chi connectivity index (χ2v) is 7.16. The monoisotopic (exact) mass is 330 g/mol. The fourth-order valence-electron chi connectivity index (χ4n) is 2.37. The van der Waals surface area contributed by atoms with E-state index in [4.69, 9.17) is 11.6 Å². The van der Waals surface area contributed by atoms with Crippen molar-refractivity contribution in [2.24, 2.45) is 4.99 Å². The van der Waals surface area contributed by atoms with Crippen molar-refractivity contribution in [3.8, 4) is 0 Å². The van der Waals surface area contributed by atoms with E-state index < -0.39 is 0 Å². The summed E-state index contributed by atoms with van der Waals surface area (Å²) in [6.07, 6.45) is 2.14. The molecule has 1 aliphatic rings. The smallest absolute Gasteiger partial charge is 0.196 e. The van der Waals surface area contributed by atoms with Crippen LogP contribution in [0, 0.1) is 0 Å². The van der Waals surface area contributed by atoms with Crippen molar-refractivity contribution in [1.82, 2.24) is 5.32 Å². The fraction of sp³-hybridized carbons (Fsp3) is 0.0625. The minimum Gasteiger partial charge on any atom is -0.330 e. The van der Waals surface area contributed by atoms with Gasteiger partial charge in [-0.1, -0.05) is 24.3 Å². The molecule has 3 aromatic rings. The largest absolute Gasteiger partial charge is 0.330 e. The molecule has 2 aromatic heterocycles. The van der Waals surface area contributed by atoms with Crippen LogP contribution < -0.4 is 5.32 Å². The summed E-state index contributed by atoms with van der Waals surface area (Å²) in [7, 11) is 0. The number of hydrogen-bond donors (Lipinski definition) is 1. The van der Waals surface area contributed by atoms with Crippen molar-refractivity contribution in [2.75, 3.05) is 0 Å². The zero-order valence-corrected chi connectivity index (χ0v) is 13.3. The number of rotatable bonds is 2. The Morgan fingerprint density at radius 3 is 2.86 bits per heavy atom. The lowest BCUT2D eigenvalue weighted by Gasteiger charge is -2.17. The van der Waals surface area contributed by atoms with E-state index in [1.54, 1.807) is 22.7 Å². The number of fused-ring (bicyclic) bond motifs is 1. The first kappa shape index (κ1) is 13.1. The average Bonchev–Trinajstić information content (AvgIpc) is 3.16. The maximum atomic E-state index is 6.18. The molecule has 1 aliphatic heterocycles. The Morgan fingerprint density at radius 1 is 1.14 bits per heavy atom. The van der Waals surface area contributed by atoms with Gasteiger partial charge in [0.1, 0.15) is 6.04 Å². The number of amidine groups is 1. The van der Waals surface area contributed by atoms with Crippen LogP contribution in [-0.4, -0.2) is 5.29 Å². The standard InChI is InChI=1S/C16H11ClN2S2/c17-16-18-11(14-6-3-7-20-14)9-12(19-16)15-8-10-4-1-2-5-13(10)21-15/h1-9,12H,(H,18,19). The summed E-state index contributed by atoms with van der Waals surface area (Å²) in [5, 5.41) is 6.91. The van der Waals surface area contributed by atoms with E-state index in [-0.39, 0.29) is 6.04 Å². The minimum atomic E-state index is -0.0201. The van der Waals surface area contributed by atoms with E-state index in [0.29, 0.717) is 5.29 Å². The number of halogens is 1. The van der Waals surface area contributed by atoms with E-state index in [9.17, 15) is 0 Å². The summed E-state index contributed by atoms with van der Waals surface area (Å²) in [6.45, 7) is 0. The molecule has 1 unspecified atom stereocenters. The van der Waals surface area contributed by atoms with Gasteiger partial charge in [-0.15, -0.1) is 22.7 Å². The summed E-state index contributed by atoms with van der Waals surface area (Å²) in [5.74, 6) is 0. The number of thiophene rings is 2. The lowest BCUT2D eigenvalue weighted by molar-refractivity contribution is 0.910. The molecule has 2 nitrogen and oxygen atoms in total. The zero-order valence-electron chi connectivity index (χ0n) is 10.9.